The van der Waals surface area contributed by atoms with Crippen molar-refractivity contribution in [2.45, 2.75) is 74.6 Å². The zero-order chi connectivity index (χ0) is 33.7. The van der Waals surface area contributed by atoms with Gasteiger partial charge in [0.05, 0.1) is 23.6 Å². The van der Waals surface area contributed by atoms with E-state index in [0.29, 0.717) is 23.2 Å². The molecule has 4 aromatic rings. The van der Waals surface area contributed by atoms with Crippen LogP contribution in [0.2, 0.25) is 0 Å². The number of phenolic OH excluding ortho intramolecular Hbond substituents is 1. The summed E-state index contributed by atoms with van der Waals surface area (Å²) in [5, 5.41) is 22.2. The molecule has 1 saturated heterocycles. The van der Waals surface area contributed by atoms with Crippen LogP contribution in [0.3, 0.4) is 0 Å². The van der Waals surface area contributed by atoms with Gasteiger partial charge in [-0.3, -0.25) is 14.5 Å². The molecule has 2 fully saturated rings. The number of carbonyl (C=O) groups excluding carboxylic acids is 2. The molecular weight excluding hydrogens is 636 g/mol. The SMILES string of the molecule is COc1ccc([C@@H](C(=O)NC2CCCCC2)N(C(=O)Cn2nnc3ccccc32)c2ccc(S(=O)(=O)NC[C@@H]3CCCO3)cc2)cc1O. The van der Waals surface area contributed by atoms with Crippen LogP contribution in [0.4, 0.5) is 5.69 Å². The van der Waals surface area contributed by atoms with Gasteiger partial charge in [-0.15, -0.1) is 5.10 Å². The van der Waals surface area contributed by atoms with Gasteiger partial charge in [0.15, 0.2) is 11.5 Å². The fraction of sp³-hybridized carbons (Fsp3) is 0.412. The summed E-state index contributed by atoms with van der Waals surface area (Å²) in [6, 6.07) is 16.3. The van der Waals surface area contributed by atoms with Crippen LogP contribution < -0.4 is 19.7 Å². The standard InChI is InChI=1S/C34H40N6O7S/c1-46-31-18-13-23(20-30(31)41)33(34(43)36-24-8-3-2-4-9-24)40(32(42)22-39-29-12-6-5-11-28(29)37-38-39)25-14-16-27(17-15-25)48(44,45)35-21-26-10-7-19-47-26/h5-6,11-18,20,24,26,33,35,41H,2-4,7-10,19,21-22H2,1H3,(H,36,43)/t26-,33-/m0/s1. The number of nitrogens with one attached hydrogen (secondary N) is 2. The van der Waals surface area contributed by atoms with Crippen molar-refractivity contribution in [2.75, 3.05) is 25.2 Å². The fourth-order valence-electron chi connectivity index (χ4n) is 6.37. The molecule has 2 atom stereocenters. The number of rotatable bonds is 12. The highest BCUT2D eigenvalue weighted by Gasteiger charge is 2.35. The van der Waals surface area contributed by atoms with Gasteiger partial charge in [-0.05, 0) is 79.8 Å². The van der Waals surface area contributed by atoms with Gasteiger partial charge in [-0.2, -0.15) is 0 Å². The summed E-state index contributed by atoms with van der Waals surface area (Å²) < 4.78 is 41.2. The summed E-state index contributed by atoms with van der Waals surface area (Å²) in [5.41, 5.74) is 1.86. The second-order valence-electron chi connectivity index (χ2n) is 12.2. The van der Waals surface area contributed by atoms with Crippen LogP contribution in [0, 0.1) is 0 Å². The second kappa shape index (κ2) is 14.7. The maximum absolute atomic E-state index is 14.4. The third-order valence-electron chi connectivity index (χ3n) is 8.90. The van der Waals surface area contributed by atoms with Crippen LogP contribution in [0.15, 0.2) is 71.6 Å². The number of methoxy groups -OCH3 is 1. The van der Waals surface area contributed by atoms with Crippen molar-refractivity contribution in [3.8, 4) is 11.5 Å². The summed E-state index contributed by atoms with van der Waals surface area (Å²) in [6.45, 7) is 0.501. The number of fused-ring (bicyclic) bond motifs is 1. The Labute approximate surface area is 279 Å². The first-order valence-corrected chi connectivity index (χ1v) is 17.7. The maximum Gasteiger partial charge on any atom is 0.249 e. The minimum Gasteiger partial charge on any atom is -0.504 e. The Kier molecular flexibility index (Phi) is 10.2. The molecule has 6 rings (SSSR count). The highest BCUT2D eigenvalue weighted by Crippen LogP contribution is 2.35. The van der Waals surface area contributed by atoms with E-state index in [1.807, 2.05) is 12.1 Å². The average Bonchev–Trinajstić information content (AvgIpc) is 3.77. The number of hydrogen-bond donors (Lipinski definition) is 3. The Morgan fingerprint density at radius 3 is 2.52 bits per heavy atom. The van der Waals surface area contributed by atoms with Crippen LogP contribution >= 0.6 is 0 Å². The van der Waals surface area contributed by atoms with Gasteiger partial charge in [0.2, 0.25) is 21.8 Å². The Balaban J connectivity index is 1.38. The largest absolute Gasteiger partial charge is 0.504 e. The molecule has 1 aliphatic carbocycles. The minimum atomic E-state index is -3.88. The summed E-state index contributed by atoms with van der Waals surface area (Å²) in [5.74, 6) is -0.920. The number of amides is 2. The first-order valence-electron chi connectivity index (χ1n) is 16.2. The molecule has 2 aliphatic rings. The van der Waals surface area contributed by atoms with Crippen LogP contribution in [0.25, 0.3) is 11.0 Å². The number of anilines is 1. The quantitative estimate of drug-likeness (QED) is 0.202. The van der Waals surface area contributed by atoms with Gasteiger partial charge in [-0.25, -0.2) is 17.8 Å². The van der Waals surface area contributed by atoms with Crippen LogP contribution in [-0.4, -0.2) is 72.7 Å². The lowest BCUT2D eigenvalue weighted by molar-refractivity contribution is -0.127. The number of hydrogen-bond acceptors (Lipinski definition) is 9. The van der Waals surface area contributed by atoms with Crippen molar-refractivity contribution in [1.29, 1.82) is 0 Å². The van der Waals surface area contributed by atoms with Gasteiger partial charge in [0.25, 0.3) is 0 Å². The second-order valence-corrected chi connectivity index (χ2v) is 13.9. The Morgan fingerprint density at radius 1 is 1.04 bits per heavy atom. The first kappa shape index (κ1) is 33.4. The van der Waals surface area contributed by atoms with Gasteiger partial charge in [-0.1, -0.05) is 42.7 Å². The average molecular weight is 677 g/mol. The van der Waals surface area contributed by atoms with Crippen molar-refractivity contribution >= 4 is 38.6 Å². The predicted molar refractivity (Wildman–Crippen MR) is 178 cm³/mol. The lowest BCUT2D eigenvalue weighted by Gasteiger charge is -2.33. The van der Waals surface area contributed by atoms with Crippen LogP contribution in [0.5, 0.6) is 11.5 Å². The third kappa shape index (κ3) is 7.45. The molecule has 0 radical (unpaired) electrons. The van der Waals surface area contributed by atoms with E-state index in [2.05, 4.69) is 20.4 Å². The monoisotopic (exact) mass is 676 g/mol. The zero-order valence-corrected chi connectivity index (χ0v) is 27.6. The van der Waals surface area contributed by atoms with E-state index in [9.17, 15) is 23.1 Å². The van der Waals surface area contributed by atoms with E-state index < -0.39 is 27.9 Å². The van der Waals surface area contributed by atoms with Crippen LogP contribution in [-0.2, 0) is 30.9 Å². The van der Waals surface area contributed by atoms with Crippen molar-refractivity contribution in [1.82, 2.24) is 25.0 Å². The summed E-state index contributed by atoms with van der Waals surface area (Å²) in [7, 11) is -2.46. The minimum absolute atomic E-state index is 0.00390. The number of nitrogens with zero attached hydrogens (tertiary/aromatic N) is 4. The van der Waals surface area contributed by atoms with E-state index in [4.69, 9.17) is 9.47 Å². The Hall–Kier alpha value is -4.53. The number of carbonyl (C=O) groups is 2. The van der Waals surface area contributed by atoms with Crippen molar-refractivity contribution in [3.63, 3.8) is 0 Å². The number of aromatic hydroxyl groups is 1. The molecule has 254 valence electrons. The van der Waals surface area contributed by atoms with Crippen molar-refractivity contribution < 1.29 is 32.6 Å². The van der Waals surface area contributed by atoms with Gasteiger partial charge in [0.1, 0.15) is 18.1 Å². The molecule has 0 bridgehead atoms. The van der Waals surface area contributed by atoms with Crippen LogP contribution in [0.1, 0.15) is 56.6 Å². The normalized spacial score (nSPS) is 17.6. The topological polar surface area (TPSA) is 165 Å². The molecule has 0 unspecified atom stereocenters. The molecule has 1 aromatic heterocycles. The number of para-hydroxylation sites is 1. The van der Waals surface area contributed by atoms with E-state index in [1.165, 1.54) is 53.1 Å². The molecule has 2 heterocycles. The van der Waals surface area contributed by atoms with E-state index in [0.717, 1.165) is 44.9 Å². The summed E-state index contributed by atoms with van der Waals surface area (Å²) >= 11 is 0. The highest BCUT2D eigenvalue weighted by atomic mass is 32.2. The summed E-state index contributed by atoms with van der Waals surface area (Å²) in [6.07, 6.45) is 6.19. The Morgan fingerprint density at radius 2 is 1.81 bits per heavy atom. The molecule has 1 aliphatic heterocycles. The molecule has 14 heteroatoms. The van der Waals surface area contributed by atoms with Gasteiger partial charge >= 0.3 is 0 Å². The summed E-state index contributed by atoms with van der Waals surface area (Å²) in [4.78, 5) is 30.0. The molecule has 48 heavy (non-hydrogen) atoms. The van der Waals surface area contributed by atoms with E-state index >= 15 is 0 Å². The molecule has 3 N–H and O–H groups in total. The van der Waals surface area contributed by atoms with E-state index in [-0.39, 0.29) is 47.3 Å². The number of aromatic nitrogens is 3. The van der Waals surface area contributed by atoms with Gasteiger partial charge < -0.3 is 19.9 Å². The highest BCUT2D eigenvalue weighted by molar-refractivity contribution is 7.89. The van der Waals surface area contributed by atoms with Gasteiger partial charge in [0, 0.05) is 24.9 Å². The molecular formula is C34H40N6O7S. The maximum atomic E-state index is 14.4. The molecule has 3 aromatic carbocycles. The third-order valence-corrected chi connectivity index (χ3v) is 10.3. The molecule has 13 nitrogen and oxygen atoms in total. The lowest BCUT2D eigenvalue weighted by Crippen LogP contribution is -2.48. The Bertz CT molecular complexity index is 1850. The number of benzene rings is 3. The first-order chi connectivity index (χ1) is 23.2. The lowest BCUT2D eigenvalue weighted by atomic mass is 9.94. The van der Waals surface area contributed by atoms with Crippen molar-refractivity contribution in [3.05, 3.63) is 72.3 Å². The number of phenols is 1. The smallest absolute Gasteiger partial charge is 0.249 e. The molecule has 0 spiro atoms. The zero-order valence-electron chi connectivity index (χ0n) is 26.7. The molecule has 1 saturated carbocycles. The van der Waals surface area contributed by atoms with E-state index in [1.54, 1.807) is 18.2 Å². The number of ether oxygens (including phenoxy) is 2. The predicted octanol–water partition coefficient (Wildman–Crippen LogP) is 3.83. The van der Waals surface area contributed by atoms with Crippen molar-refractivity contribution in [2.24, 2.45) is 0 Å². The molecule has 2 amide bonds. The number of sulfonamides is 1. The fourth-order valence-corrected chi connectivity index (χ4v) is 7.44.